The summed E-state index contributed by atoms with van der Waals surface area (Å²) >= 11 is 6.02. The summed E-state index contributed by atoms with van der Waals surface area (Å²) in [6.07, 6.45) is 7.00. The van der Waals surface area contributed by atoms with Crippen LogP contribution in [0.25, 0.3) is 6.08 Å². The van der Waals surface area contributed by atoms with Crippen molar-refractivity contribution in [2.24, 2.45) is 5.92 Å². The summed E-state index contributed by atoms with van der Waals surface area (Å²) in [6, 6.07) is 5.30. The number of hydrogen-bond acceptors (Lipinski definition) is 3. The lowest BCUT2D eigenvalue weighted by Crippen LogP contribution is -2.43. The number of piperidine rings is 1. The highest BCUT2D eigenvalue weighted by Gasteiger charge is 2.30. The Labute approximate surface area is 159 Å². The second-order valence-electron chi connectivity index (χ2n) is 6.85. The molecule has 2 amide bonds. The zero-order valence-corrected chi connectivity index (χ0v) is 15.9. The summed E-state index contributed by atoms with van der Waals surface area (Å²) in [5.41, 5.74) is 0.771. The smallest absolute Gasteiger partial charge is 0.246 e. The van der Waals surface area contributed by atoms with E-state index in [1.807, 2.05) is 4.90 Å². The van der Waals surface area contributed by atoms with E-state index in [1.165, 1.54) is 0 Å². The molecule has 2 saturated heterocycles. The molecule has 0 radical (unpaired) electrons. The predicted molar refractivity (Wildman–Crippen MR) is 102 cm³/mol. The highest BCUT2D eigenvalue weighted by atomic mass is 35.5. The molecular weight excluding hydrogens is 352 g/mol. The maximum absolute atomic E-state index is 12.5. The molecule has 3 rings (SSSR count). The van der Waals surface area contributed by atoms with E-state index in [1.54, 1.807) is 42.4 Å². The predicted octanol–water partition coefficient (Wildman–Crippen LogP) is 3.22. The minimum Gasteiger partial charge on any atom is -0.496 e. The Morgan fingerprint density at radius 1 is 1.12 bits per heavy atom. The number of amides is 2. The topological polar surface area (TPSA) is 49.9 Å². The normalized spacial score (nSPS) is 18.5. The highest BCUT2D eigenvalue weighted by molar-refractivity contribution is 6.30. The third-order valence-corrected chi connectivity index (χ3v) is 5.41. The van der Waals surface area contributed by atoms with Crippen molar-refractivity contribution in [3.63, 3.8) is 0 Å². The van der Waals surface area contributed by atoms with E-state index in [9.17, 15) is 9.59 Å². The average molecular weight is 377 g/mol. The van der Waals surface area contributed by atoms with Crippen molar-refractivity contribution in [3.8, 4) is 5.75 Å². The third-order valence-electron chi connectivity index (χ3n) is 5.17. The fraction of sp³-hybridized carbons (Fsp3) is 0.500. The molecule has 26 heavy (non-hydrogen) atoms. The second-order valence-corrected chi connectivity index (χ2v) is 7.29. The monoisotopic (exact) mass is 376 g/mol. The molecule has 5 nitrogen and oxygen atoms in total. The Hall–Kier alpha value is -2.01. The van der Waals surface area contributed by atoms with Gasteiger partial charge in [-0.3, -0.25) is 9.59 Å². The summed E-state index contributed by atoms with van der Waals surface area (Å²) in [7, 11) is 1.59. The molecule has 6 heteroatoms. The van der Waals surface area contributed by atoms with E-state index >= 15 is 0 Å². The van der Waals surface area contributed by atoms with Crippen LogP contribution in [0.1, 0.15) is 31.2 Å². The molecule has 2 fully saturated rings. The van der Waals surface area contributed by atoms with Crippen molar-refractivity contribution in [1.82, 2.24) is 9.80 Å². The number of hydrogen-bond donors (Lipinski definition) is 0. The number of carbonyl (C=O) groups excluding carboxylic acids is 2. The van der Waals surface area contributed by atoms with Crippen molar-refractivity contribution in [3.05, 3.63) is 34.9 Å². The molecule has 2 aliphatic rings. The Kier molecular flexibility index (Phi) is 6.20. The van der Waals surface area contributed by atoms with Gasteiger partial charge in [-0.05, 0) is 50.0 Å². The van der Waals surface area contributed by atoms with Gasteiger partial charge in [0.15, 0.2) is 0 Å². The zero-order chi connectivity index (χ0) is 18.5. The van der Waals surface area contributed by atoms with E-state index in [2.05, 4.69) is 0 Å². The molecular formula is C20H25ClN2O3. The maximum atomic E-state index is 12.5. The molecule has 2 heterocycles. The van der Waals surface area contributed by atoms with E-state index < -0.39 is 0 Å². The van der Waals surface area contributed by atoms with Crippen LogP contribution < -0.4 is 4.74 Å². The van der Waals surface area contributed by atoms with Crippen LogP contribution in [0.3, 0.4) is 0 Å². The summed E-state index contributed by atoms with van der Waals surface area (Å²) in [4.78, 5) is 28.7. The van der Waals surface area contributed by atoms with Crippen LogP contribution in [0.2, 0.25) is 5.02 Å². The minimum atomic E-state index is -0.0425. The summed E-state index contributed by atoms with van der Waals surface area (Å²) in [6.45, 7) is 3.03. The number of rotatable bonds is 4. The molecule has 0 unspecified atom stereocenters. The van der Waals surface area contributed by atoms with Gasteiger partial charge in [-0.2, -0.15) is 0 Å². The number of methoxy groups -OCH3 is 1. The first kappa shape index (κ1) is 18.8. The Morgan fingerprint density at radius 2 is 1.81 bits per heavy atom. The molecule has 1 aromatic carbocycles. The van der Waals surface area contributed by atoms with E-state index in [-0.39, 0.29) is 17.7 Å². The summed E-state index contributed by atoms with van der Waals surface area (Å²) in [5.74, 6) is 0.968. The number of carbonyl (C=O) groups is 2. The van der Waals surface area contributed by atoms with Crippen LogP contribution in [-0.4, -0.2) is 54.9 Å². The lowest BCUT2D eigenvalue weighted by Gasteiger charge is -2.32. The lowest BCUT2D eigenvalue weighted by atomic mass is 9.95. The fourth-order valence-electron chi connectivity index (χ4n) is 3.64. The molecule has 0 atom stereocenters. The van der Waals surface area contributed by atoms with Crippen LogP contribution in [-0.2, 0) is 9.59 Å². The largest absolute Gasteiger partial charge is 0.496 e. The number of nitrogens with zero attached hydrogens (tertiary/aromatic N) is 2. The van der Waals surface area contributed by atoms with Gasteiger partial charge in [-0.15, -0.1) is 0 Å². The third kappa shape index (κ3) is 4.39. The van der Waals surface area contributed by atoms with Crippen molar-refractivity contribution >= 4 is 29.5 Å². The average Bonchev–Trinajstić information content (AvgIpc) is 3.20. The molecule has 0 aliphatic carbocycles. The van der Waals surface area contributed by atoms with Crippen molar-refractivity contribution < 1.29 is 14.3 Å². The van der Waals surface area contributed by atoms with Crippen LogP contribution >= 0.6 is 11.6 Å². The molecule has 140 valence electrons. The van der Waals surface area contributed by atoms with Gasteiger partial charge in [0.1, 0.15) is 5.75 Å². The fourth-order valence-corrected chi connectivity index (χ4v) is 3.83. The van der Waals surface area contributed by atoms with Gasteiger partial charge in [-0.1, -0.05) is 11.6 Å². The molecule has 0 N–H and O–H groups in total. The van der Waals surface area contributed by atoms with Gasteiger partial charge in [0.05, 0.1) is 7.11 Å². The van der Waals surface area contributed by atoms with Gasteiger partial charge in [0, 0.05) is 48.8 Å². The van der Waals surface area contributed by atoms with Crippen LogP contribution in [0.15, 0.2) is 24.3 Å². The number of benzene rings is 1. The molecule has 2 aliphatic heterocycles. The number of likely N-dealkylation sites (tertiary alicyclic amines) is 2. The van der Waals surface area contributed by atoms with Crippen molar-refractivity contribution in [2.45, 2.75) is 25.7 Å². The van der Waals surface area contributed by atoms with E-state index in [0.29, 0.717) is 23.9 Å². The summed E-state index contributed by atoms with van der Waals surface area (Å²) in [5, 5.41) is 0.596. The first-order valence-electron chi connectivity index (χ1n) is 9.18. The second kappa shape index (κ2) is 8.58. The number of halogens is 1. The molecule has 0 saturated carbocycles. The Bertz CT molecular complexity index is 690. The quantitative estimate of drug-likeness (QED) is 0.758. The first-order chi connectivity index (χ1) is 12.6. The van der Waals surface area contributed by atoms with Gasteiger partial charge >= 0.3 is 0 Å². The lowest BCUT2D eigenvalue weighted by molar-refractivity contribution is -0.138. The molecule has 1 aromatic rings. The standard InChI is InChI=1S/C20H25ClN2O3/c1-26-18-6-5-17(21)14-16(18)4-7-19(24)22-12-8-15(9-13-22)20(25)23-10-2-3-11-23/h4-7,14-15H,2-3,8-13H2,1H3/b7-4+. The minimum absolute atomic E-state index is 0.0425. The SMILES string of the molecule is COc1ccc(Cl)cc1/C=C/C(=O)N1CCC(C(=O)N2CCCC2)CC1. The molecule has 0 spiro atoms. The molecule has 0 bridgehead atoms. The van der Waals surface area contributed by atoms with Crippen molar-refractivity contribution in [1.29, 1.82) is 0 Å². The maximum Gasteiger partial charge on any atom is 0.246 e. The van der Waals surface area contributed by atoms with E-state index in [0.717, 1.165) is 44.3 Å². The van der Waals surface area contributed by atoms with Crippen LogP contribution in [0.5, 0.6) is 5.75 Å². The van der Waals surface area contributed by atoms with Gasteiger partial charge < -0.3 is 14.5 Å². The summed E-state index contributed by atoms with van der Waals surface area (Å²) < 4.78 is 5.29. The Balaban J connectivity index is 1.55. The highest BCUT2D eigenvalue weighted by Crippen LogP contribution is 2.25. The molecule has 0 aromatic heterocycles. The number of ether oxygens (including phenoxy) is 1. The zero-order valence-electron chi connectivity index (χ0n) is 15.1. The van der Waals surface area contributed by atoms with Crippen LogP contribution in [0.4, 0.5) is 0 Å². The van der Waals surface area contributed by atoms with Crippen LogP contribution in [0, 0.1) is 5.92 Å². The van der Waals surface area contributed by atoms with Gasteiger partial charge in [-0.25, -0.2) is 0 Å². The van der Waals surface area contributed by atoms with E-state index in [4.69, 9.17) is 16.3 Å². The first-order valence-corrected chi connectivity index (χ1v) is 9.55. The van der Waals surface area contributed by atoms with Crippen molar-refractivity contribution in [2.75, 3.05) is 33.3 Å². The van der Waals surface area contributed by atoms with Gasteiger partial charge in [0.2, 0.25) is 11.8 Å². The van der Waals surface area contributed by atoms with Gasteiger partial charge in [0.25, 0.3) is 0 Å². The Morgan fingerprint density at radius 3 is 2.46 bits per heavy atom.